The second kappa shape index (κ2) is 8.28. The van der Waals surface area contributed by atoms with Crippen molar-refractivity contribution in [3.05, 3.63) is 28.2 Å². The summed E-state index contributed by atoms with van der Waals surface area (Å²) in [5, 5.41) is 1.40. The number of rotatable bonds is 8. The monoisotopic (exact) mass is 347 g/mol. The Morgan fingerprint density at radius 3 is 2.86 bits per heavy atom. The van der Waals surface area contributed by atoms with Crippen LogP contribution in [-0.2, 0) is 9.53 Å². The third kappa shape index (κ3) is 5.70. The molecule has 2 rings (SSSR count). The van der Waals surface area contributed by atoms with E-state index in [9.17, 15) is 4.79 Å². The summed E-state index contributed by atoms with van der Waals surface area (Å²) in [6.07, 6.45) is 2.34. The summed E-state index contributed by atoms with van der Waals surface area (Å²) < 4.78 is 5.02. The van der Waals surface area contributed by atoms with E-state index >= 15 is 0 Å². The van der Waals surface area contributed by atoms with Crippen molar-refractivity contribution in [2.75, 3.05) is 25.4 Å². The Morgan fingerprint density at radius 2 is 2.19 bits per heavy atom. The Labute approximate surface area is 139 Å². The highest BCUT2D eigenvalue weighted by Crippen LogP contribution is 2.31. The number of nitrogens with zero attached hydrogens (tertiary/aromatic N) is 1. The fourth-order valence-corrected chi connectivity index (χ4v) is 3.54. The van der Waals surface area contributed by atoms with Gasteiger partial charge in [0.15, 0.2) is 0 Å². The summed E-state index contributed by atoms with van der Waals surface area (Å²) in [6, 6.07) is 6.00. The van der Waals surface area contributed by atoms with Crippen LogP contribution in [0.1, 0.15) is 19.8 Å². The lowest BCUT2D eigenvalue weighted by atomic mass is 10.4. The Kier molecular flexibility index (Phi) is 6.68. The van der Waals surface area contributed by atoms with Gasteiger partial charge in [0.25, 0.3) is 0 Å². The second-order valence-corrected chi connectivity index (χ2v) is 6.91. The number of esters is 1. The van der Waals surface area contributed by atoms with Crippen molar-refractivity contribution in [1.82, 2.24) is 4.90 Å². The maximum Gasteiger partial charge on any atom is 0.320 e. The molecule has 0 bridgehead atoms. The van der Waals surface area contributed by atoms with Gasteiger partial charge in [-0.1, -0.05) is 23.2 Å². The van der Waals surface area contributed by atoms with Crippen molar-refractivity contribution in [3.8, 4) is 0 Å². The van der Waals surface area contributed by atoms with Crippen LogP contribution < -0.4 is 0 Å². The first-order valence-electron chi connectivity index (χ1n) is 7.07. The van der Waals surface area contributed by atoms with Gasteiger partial charge in [0, 0.05) is 28.3 Å². The first-order valence-corrected chi connectivity index (χ1v) is 8.82. The molecular formula is C15H19Cl2NO2S. The van der Waals surface area contributed by atoms with Crippen LogP contribution in [0, 0.1) is 0 Å². The minimum Gasteiger partial charge on any atom is -0.465 e. The molecule has 0 aromatic heterocycles. The molecule has 1 fully saturated rings. The Balaban J connectivity index is 1.82. The molecular weight excluding hydrogens is 329 g/mol. The van der Waals surface area contributed by atoms with Crippen LogP contribution in [0.2, 0.25) is 10.0 Å². The van der Waals surface area contributed by atoms with Crippen molar-refractivity contribution in [1.29, 1.82) is 0 Å². The van der Waals surface area contributed by atoms with Crippen LogP contribution in [0.15, 0.2) is 23.1 Å². The quantitative estimate of drug-likeness (QED) is 0.522. The van der Waals surface area contributed by atoms with Crippen LogP contribution in [0.5, 0.6) is 0 Å². The number of halogens is 2. The fraction of sp³-hybridized carbons (Fsp3) is 0.533. The van der Waals surface area contributed by atoms with E-state index in [0.29, 0.717) is 29.2 Å². The van der Waals surface area contributed by atoms with Gasteiger partial charge < -0.3 is 4.74 Å². The van der Waals surface area contributed by atoms with Gasteiger partial charge in [0.05, 0.1) is 18.2 Å². The van der Waals surface area contributed by atoms with Gasteiger partial charge >= 0.3 is 5.97 Å². The largest absolute Gasteiger partial charge is 0.465 e. The van der Waals surface area contributed by atoms with E-state index in [-0.39, 0.29) is 5.97 Å². The van der Waals surface area contributed by atoms with E-state index in [4.69, 9.17) is 27.9 Å². The zero-order chi connectivity index (χ0) is 15.2. The molecule has 0 atom stereocenters. The van der Waals surface area contributed by atoms with Gasteiger partial charge in [-0.3, -0.25) is 9.69 Å². The summed E-state index contributed by atoms with van der Waals surface area (Å²) in [6.45, 7) is 3.49. The van der Waals surface area contributed by atoms with Gasteiger partial charge in [-0.15, -0.1) is 11.8 Å². The van der Waals surface area contributed by atoms with Gasteiger partial charge in [-0.05, 0) is 38.0 Å². The predicted molar refractivity (Wildman–Crippen MR) is 88.4 cm³/mol. The molecule has 1 aliphatic rings. The van der Waals surface area contributed by atoms with Crippen molar-refractivity contribution in [2.45, 2.75) is 30.7 Å². The van der Waals surface area contributed by atoms with Crippen LogP contribution in [-0.4, -0.2) is 42.4 Å². The first kappa shape index (κ1) is 16.9. The number of hydrogen-bond acceptors (Lipinski definition) is 4. The standard InChI is InChI=1S/C15H19Cl2NO2S/c1-2-20-15(19)10-18(12-4-5-12)7-8-21-14-9-11(16)3-6-13(14)17/h3,6,9,12H,2,4-5,7-8,10H2,1H3. The maximum absolute atomic E-state index is 11.6. The number of thioether (sulfide) groups is 1. The molecule has 0 heterocycles. The van der Waals surface area contributed by atoms with Crippen LogP contribution >= 0.6 is 35.0 Å². The van der Waals surface area contributed by atoms with E-state index in [0.717, 1.165) is 17.2 Å². The average molecular weight is 348 g/mol. The molecule has 0 radical (unpaired) electrons. The highest BCUT2D eigenvalue weighted by molar-refractivity contribution is 7.99. The molecule has 0 saturated heterocycles. The van der Waals surface area contributed by atoms with Crippen molar-refractivity contribution in [2.24, 2.45) is 0 Å². The number of carbonyl (C=O) groups excluding carboxylic acids is 1. The molecule has 1 saturated carbocycles. The molecule has 6 heteroatoms. The molecule has 1 aliphatic carbocycles. The number of hydrogen-bond donors (Lipinski definition) is 0. The smallest absolute Gasteiger partial charge is 0.320 e. The normalized spacial score (nSPS) is 14.5. The van der Waals surface area contributed by atoms with E-state index in [2.05, 4.69) is 4.90 Å². The summed E-state index contributed by atoms with van der Waals surface area (Å²) in [4.78, 5) is 14.8. The Morgan fingerprint density at radius 1 is 1.43 bits per heavy atom. The van der Waals surface area contributed by atoms with Gasteiger partial charge in [0.2, 0.25) is 0 Å². The van der Waals surface area contributed by atoms with Crippen LogP contribution in [0.3, 0.4) is 0 Å². The van der Waals surface area contributed by atoms with E-state index in [1.54, 1.807) is 17.8 Å². The minimum atomic E-state index is -0.143. The van der Waals surface area contributed by atoms with Gasteiger partial charge in [-0.2, -0.15) is 0 Å². The molecule has 0 spiro atoms. The van der Waals surface area contributed by atoms with E-state index < -0.39 is 0 Å². The summed E-state index contributed by atoms with van der Waals surface area (Å²) in [5.41, 5.74) is 0. The summed E-state index contributed by atoms with van der Waals surface area (Å²) in [7, 11) is 0. The van der Waals surface area contributed by atoms with E-state index in [1.165, 1.54) is 12.8 Å². The van der Waals surface area contributed by atoms with Crippen molar-refractivity contribution >= 4 is 40.9 Å². The number of ether oxygens (including phenoxy) is 1. The molecule has 0 amide bonds. The topological polar surface area (TPSA) is 29.5 Å². The third-order valence-electron chi connectivity index (χ3n) is 3.23. The van der Waals surface area contributed by atoms with E-state index in [1.807, 2.05) is 19.1 Å². The molecule has 3 nitrogen and oxygen atoms in total. The second-order valence-electron chi connectivity index (χ2n) is 4.93. The first-order chi connectivity index (χ1) is 10.1. The zero-order valence-corrected chi connectivity index (χ0v) is 14.3. The van der Waals surface area contributed by atoms with Gasteiger partial charge in [0.1, 0.15) is 0 Å². The zero-order valence-electron chi connectivity index (χ0n) is 12.0. The lowest BCUT2D eigenvalue weighted by Gasteiger charge is -2.20. The lowest BCUT2D eigenvalue weighted by Crippen LogP contribution is -2.34. The summed E-state index contributed by atoms with van der Waals surface area (Å²) in [5.74, 6) is 0.728. The number of benzene rings is 1. The SMILES string of the molecule is CCOC(=O)CN(CCSc1cc(Cl)ccc1Cl)C1CC1. The predicted octanol–water partition coefficient (Wildman–Crippen LogP) is 4.11. The molecule has 21 heavy (non-hydrogen) atoms. The molecule has 1 aromatic rings. The van der Waals surface area contributed by atoms with Crippen molar-refractivity contribution in [3.63, 3.8) is 0 Å². The lowest BCUT2D eigenvalue weighted by molar-refractivity contribution is -0.144. The average Bonchev–Trinajstić information content (AvgIpc) is 3.26. The molecule has 1 aromatic carbocycles. The van der Waals surface area contributed by atoms with Crippen LogP contribution in [0.4, 0.5) is 0 Å². The molecule has 0 aliphatic heterocycles. The van der Waals surface area contributed by atoms with Gasteiger partial charge in [-0.25, -0.2) is 0 Å². The Hall–Kier alpha value is -0.420. The minimum absolute atomic E-state index is 0.143. The van der Waals surface area contributed by atoms with Crippen LogP contribution in [0.25, 0.3) is 0 Å². The maximum atomic E-state index is 11.6. The highest BCUT2D eigenvalue weighted by atomic mass is 35.5. The molecule has 0 unspecified atom stereocenters. The highest BCUT2D eigenvalue weighted by Gasteiger charge is 2.30. The third-order valence-corrected chi connectivity index (χ3v) is 4.94. The molecule has 116 valence electrons. The Bertz CT molecular complexity index is 495. The van der Waals surface area contributed by atoms with Crippen molar-refractivity contribution < 1.29 is 9.53 Å². The molecule has 0 N–H and O–H groups in total. The summed E-state index contributed by atoms with van der Waals surface area (Å²) >= 11 is 13.8. The number of carbonyl (C=O) groups is 1. The fourth-order valence-electron chi connectivity index (χ4n) is 2.06.